The monoisotopic (exact) mass is 384 g/mol. The maximum atomic E-state index is 12.7. The van der Waals surface area contributed by atoms with E-state index < -0.39 is 6.43 Å². The molecule has 0 atom stereocenters. The zero-order chi connectivity index (χ0) is 16.3. The summed E-state index contributed by atoms with van der Waals surface area (Å²) in [7, 11) is 0. The molecule has 2 aromatic rings. The molecule has 0 aliphatic carbocycles. The minimum atomic E-state index is -2.45. The van der Waals surface area contributed by atoms with Crippen LogP contribution in [0.3, 0.4) is 0 Å². The van der Waals surface area contributed by atoms with E-state index in [4.69, 9.17) is 0 Å². The van der Waals surface area contributed by atoms with Gasteiger partial charge in [-0.25, -0.2) is 8.78 Å². The number of hydrogen-bond donors (Lipinski definition) is 0. The first-order valence-corrected chi connectivity index (χ1v) is 8.85. The lowest BCUT2D eigenvalue weighted by Crippen LogP contribution is -2.10. The predicted octanol–water partition coefficient (Wildman–Crippen LogP) is 6.98. The van der Waals surface area contributed by atoms with Gasteiger partial charge in [0.1, 0.15) is 0 Å². The van der Waals surface area contributed by atoms with Crippen LogP contribution in [0.2, 0.25) is 0 Å². The van der Waals surface area contributed by atoms with Gasteiger partial charge >= 0.3 is 0 Å². The van der Waals surface area contributed by atoms with E-state index in [9.17, 15) is 8.78 Å². The number of thioether (sulfide) groups is 1. The molecular formula is C18H19BrF2S. The van der Waals surface area contributed by atoms with Crippen LogP contribution < -0.4 is 0 Å². The Balaban J connectivity index is 2.03. The fourth-order valence-corrected chi connectivity index (χ4v) is 3.64. The molecule has 0 aliphatic rings. The molecule has 22 heavy (non-hydrogen) atoms. The Hall–Kier alpha value is -0.870. The maximum Gasteiger partial charge on any atom is 0.264 e. The van der Waals surface area contributed by atoms with Gasteiger partial charge in [0, 0.05) is 20.7 Å². The smallest absolute Gasteiger partial charge is 0.205 e. The van der Waals surface area contributed by atoms with Crippen molar-refractivity contribution in [1.82, 2.24) is 0 Å². The van der Waals surface area contributed by atoms with Crippen molar-refractivity contribution in [1.29, 1.82) is 0 Å². The zero-order valence-corrected chi connectivity index (χ0v) is 15.3. The van der Waals surface area contributed by atoms with Crippen molar-refractivity contribution in [3.8, 4) is 0 Å². The first-order chi connectivity index (χ1) is 10.3. The molecule has 0 saturated carbocycles. The third-order valence-corrected chi connectivity index (χ3v) is 5.18. The molecule has 0 N–H and O–H groups in total. The predicted molar refractivity (Wildman–Crippen MR) is 93.8 cm³/mol. The van der Waals surface area contributed by atoms with Gasteiger partial charge in [0.15, 0.2) is 0 Å². The first kappa shape index (κ1) is 17.5. The Labute approximate surface area is 143 Å². The standard InChI is InChI=1S/C18H19BrF2S/c1-18(2,3)13-6-4-12(5-7-13)11-22-14-8-9-15(17(20)21)16(19)10-14/h4-10,17H,11H2,1-3H3. The van der Waals surface area contributed by atoms with Crippen LogP contribution in [0.1, 0.15) is 43.9 Å². The molecule has 0 spiro atoms. The first-order valence-electron chi connectivity index (χ1n) is 7.07. The van der Waals surface area contributed by atoms with Crippen molar-refractivity contribution >= 4 is 27.7 Å². The van der Waals surface area contributed by atoms with Crippen molar-refractivity contribution in [2.45, 2.75) is 43.3 Å². The molecule has 0 saturated heterocycles. The van der Waals surface area contributed by atoms with Gasteiger partial charge in [-0.3, -0.25) is 0 Å². The second-order valence-corrected chi connectivity index (χ2v) is 8.12. The number of alkyl halides is 2. The summed E-state index contributed by atoms with van der Waals surface area (Å²) < 4.78 is 25.9. The molecule has 118 valence electrons. The van der Waals surface area contributed by atoms with E-state index in [2.05, 4.69) is 61.0 Å². The van der Waals surface area contributed by atoms with Crippen LogP contribution in [0.15, 0.2) is 51.8 Å². The average Bonchev–Trinajstić information content (AvgIpc) is 2.44. The number of halogens is 3. The molecular weight excluding hydrogens is 366 g/mol. The highest BCUT2D eigenvalue weighted by molar-refractivity contribution is 9.10. The molecule has 2 aromatic carbocycles. The second kappa shape index (κ2) is 7.14. The highest BCUT2D eigenvalue weighted by atomic mass is 79.9. The average molecular weight is 385 g/mol. The summed E-state index contributed by atoms with van der Waals surface area (Å²) in [6.07, 6.45) is -2.45. The van der Waals surface area contributed by atoms with Crippen LogP contribution in [0.25, 0.3) is 0 Å². The van der Waals surface area contributed by atoms with E-state index in [1.165, 1.54) is 17.2 Å². The molecule has 4 heteroatoms. The molecule has 0 radical (unpaired) electrons. The topological polar surface area (TPSA) is 0 Å². The Morgan fingerprint density at radius 3 is 2.18 bits per heavy atom. The number of rotatable bonds is 4. The lowest BCUT2D eigenvalue weighted by molar-refractivity contribution is 0.150. The van der Waals surface area contributed by atoms with Crippen LogP contribution in [-0.4, -0.2) is 0 Å². The Bertz CT molecular complexity index is 631. The van der Waals surface area contributed by atoms with E-state index in [1.807, 2.05) is 0 Å². The summed E-state index contributed by atoms with van der Waals surface area (Å²) in [5, 5.41) is 0. The number of hydrogen-bond acceptors (Lipinski definition) is 1. The van der Waals surface area contributed by atoms with Gasteiger partial charge in [0.2, 0.25) is 0 Å². The molecule has 0 fully saturated rings. The van der Waals surface area contributed by atoms with E-state index in [0.717, 1.165) is 10.6 Å². The highest BCUT2D eigenvalue weighted by Gasteiger charge is 2.13. The van der Waals surface area contributed by atoms with E-state index in [-0.39, 0.29) is 11.0 Å². The summed E-state index contributed by atoms with van der Waals surface area (Å²) in [5.41, 5.74) is 2.73. The summed E-state index contributed by atoms with van der Waals surface area (Å²) in [5.74, 6) is 0.824. The minimum Gasteiger partial charge on any atom is -0.205 e. The van der Waals surface area contributed by atoms with E-state index >= 15 is 0 Å². The van der Waals surface area contributed by atoms with Crippen molar-refractivity contribution in [3.63, 3.8) is 0 Å². The third kappa shape index (κ3) is 4.56. The van der Waals surface area contributed by atoms with Crippen LogP contribution in [-0.2, 0) is 11.2 Å². The van der Waals surface area contributed by atoms with Crippen molar-refractivity contribution < 1.29 is 8.78 Å². The molecule has 0 aromatic heterocycles. The summed E-state index contributed by atoms with van der Waals surface area (Å²) in [4.78, 5) is 0.983. The van der Waals surface area contributed by atoms with Gasteiger partial charge in [0.25, 0.3) is 6.43 Å². The largest absolute Gasteiger partial charge is 0.264 e. The third-order valence-electron chi connectivity index (χ3n) is 3.43. The normalized spacial score (nSPS) is 12.0. The molecule has 0 aliphatic heterocycles. The lowest BCUT2D eigenvalue weighted by Gasteiger charge is -2.19. The molecule has 2 rings (SSSR count). The lowest BCUT2D eigenvalue weighted by atomic mass is 9.87. The Kier molecular flexibility index (Phi) is 5.67. The van der Waals surface area contributed by atoms with Crippen molar-refractivity contribution in [2.24, 2.45) is 0 Å². The molecule has 0 heterocycles. The summed E-state index contributed by atoms with van der Waals surface area (Å²) in [6.45, 7) is 6.58. The van der Waals surface area contributed by atoms with Gasteiger partial charge in [-0.15, -0.1) is 11.8 Å². The molecule has 0 amide bonds. The Morgan fingerprint density at radius 1 is 1.05 bits per heavy atom. The SMILES string of the molecule is CC(C)(C)c1ccc(CSc2ccc(C(F)F)c(Br)c2)cc1. The second-order valence-electron chi connectivity index (χ2n) is 6.22. The van der Waals surface area contributed by atoms with Gasteiger partial charge in [0.05, 0.1) is 0 Å². The van der Waals surface area contributed by atoms with Gasteiger partial charge < -0.3 is 0 Å². The van der Waals surface area contributed by atoms with Crippen molar-refractivity contribution in [2.75, 3.05) is 0 Å². The van der Waals surface area contributed by atoms with Crippen LogP contribution in [0.5, 0.6) is 0 Å². The van der Waals surface area contributed by atoms with Crippen LogP contribution >= 0.6 is 27.7 Å². The zero-order valence-electron chi connectivity index (χ0n) is 12.9. The summed E-state index contributed by atoms with van der Waals surface area (Å²) in [6, 6.07) is 13.6. The van der Waals surface area contributed by atoms with E-state index in [0.29, 0.717) is 4.47 Å². The Morgan fingerprint density at radius 2 is 1.68 bits per heavy atom. The van der Waals surface area contributed by atoms with Gasteiger partial charge in [-0.2, -0.15) is 0 Å². The summed E-state index contributed by atoms with van der Waals surface area (Å²) >= 11 is 4.86. The van der Waals surface area contributed by atoms with E-state index in [1.54, 1.807) is 23.9 Å². The van der Waals surface area contributed by atoms with Gasteiger partial charge in [-0.1, -0.05) is 67.0 Å². The van der Waals surface area contributed by atoms with Crippen LogP contribution in [0, 0.1) is 0 Å². The van der Waals surface area contributed by atoms with Gasteiger partial charge in [-0.05, 0) is 28.7 Å². The van der Waals surface area contributed by atoms with Crippen molar-refractivity contribution in [3.05, 3.63) is 63.6 Å². The molecule has 0 nitrogen and oxygen atoms in total. The highest BCUT2D eigenvalue weighted by Crippen LogP contribution is 2.32. The fraction of sp³-hybridized carbons (Fsp3) is 0.333. The number of benzene rings is 2. The molecule has 0 unspecified atom stereocenters. The fourth-order valence-electron chi connectivity index (χ4n) is 2.04. The van der Waals surface area contributed by atoms with Crippen LogP contribution in [0.4, 0.5) is 8.78 Å². The maximum absolute atomic E-state index is 12.7. The minimum absolute atomic E-state index is 0.0406. The molecule has 0 bridgehead atoms. The quantitative estimate of drug-likeness (QED) is 0.512.